The zero-order chi connectivity index (χ0) is 14.7. The molecule has 0 bridgehead atoms. The minimum Gasteiger partial charge on any atom is -0.486 e. The average molecular weight is 285 g/mol. The normalized spacial score (nSPS) is 12.5. The molecule has 0 aliphatic carbocycles. The van der Waals surface area contributed by atoms with Gasteiger partial charge in [0.15, 0.2) is 11.5 Å². The van der Waals surface area contributed by atoms with Gasteiger partial charge in [0, 0.05) is 11.8 Å². The van der Waals surface area contributed by atoms with Gasteiger partial charge in [-0.2, -0.15) is 5.26 Å². The largest absolute Gasteiger partial charge is 0.486 e. The monoisotopic (exact) mass is 285 g/mol. The second kappa shape index (κ2) is 5.50. The van der Waals surface area contributed by atoms with Gasteiger partial charge in [-0.05, 0) is 12.1 Å². The molecule has 1 aromatic heterocycles. The van der Waals surface area contributed by atoms with E-state index in [1.165, 1.54) is 11.0 Å². The number of fused-ring (bicyclic) bond motifs is 1. The van der Waals surface area contributed by atoms with Crippen molar-refractivity contribution in [1.82, 2.24) is 14.8 Å². The first-order valence-corrected chi connectivity index (χ1v) is 6.23. The number of anilines is 1. The van der Waals surface area contributed by atoms with Crippen molar-refractivity contribution in [3.05, 3.63) is 30.4 Å². The van der Waals surface area contributed by atoms with E-state index in [9.17, 15) is 4.79 Å². The Kier molecular flexibility index (Phi) is 3.39. The van der Waals surface area contributed by atoms with Crippen LogP contribution in [-0.4, -0.2) is 33.9 Å². The molecule has 3 rings (SSSR count). The molecule has 0 saturated carbocycles. The lowest BCUT2D eigenvalue weighted by atomic mass is 10.2. The number of nitriles is 1. The van der Waals surface area contributed by atoms with Crippen LogP contribution in [0.4, 0.5) is 5.69 Å². The van der Waals surface area contributed by atoms with Crippen LogP contribution in [0.2, 0.25) is 0 Å². The summed E-state index contributed by atoms with van der Waals surface area (Å²) in [5.74, 6) is 1.02. The van der Waals surface area contributed by atoms with Crippen LogP contribution in [0.5, 0.6) is 11.5 Å². The second-order valence-electron chi connectivity index (χ2n) is 4.28. The van der Waals surface area contributed by atoms with Crippen LogP contribution in [0.1, 0.15) is 5.82 Å². The highest BCUT2D eigenvalue weighted by atomic mass is 16.6. The molecular weight excluding hydrogens is 274 g/mol. The first-order valence-electron chi connectivity index (χ1n) is 6.23. The molecule has 0 spiro atoms. The highest BCUT2D eigenvalue weighted by Gasteiger charge is 2.13. The van der Waals surface area contributed by atoms with Crippen LogP contribution in [0.3, 0.4) is 0 Å². The van der Waals surface area contributed by atoms with E-state index in [1.807, 2.05) is 0 Å². The number of ether oxygens (including phenoxy) is 2. The molecular formula is C13H11N5O3. The molecule has 1 amide bonds. The van der Waals surface area contributed by atoms with E-state index in [2.05, 4.69) is 15.4 Å². The van der Waals surface area contributed by atoms with E-state index < -0.39 is 0 Å². The molecule has 0 saturated heterocycles. The zero-order valence-corrected chi connectivity index (χ0v) is 10.9. The van der Waals surface area contributed by atoms with Crippen molar-refractivity contribution in [2.45, 2.75) is 6.54 Å². The molecule has 2 heterocycles. The van der Waals surface area contributed by atoms with Gasteiger partial charge in [-0.3, -0.25) is 4.79 Å². The van der Waals surface area contributed by atoms with Crippen LogP contribution in [0.15, 0.2) is 24.5 Å². The molecule has 1 aliphatic heterocycles. The summed E-state index contributed by atoms with van der Waals surface area (Å²) in [4.78, 5) is 15.6. The van der Waals surface area contributed by atoms with Gasteiger partial charge in [-0.15, -0.1) is 5.10 Å². The molecule has 8 heteroatoms. The maximum atomic E-state index is 11.9. The molecule has 1 N–H and O–H groups in total. The summed E-state index contributed by atoms with van der Waals surface area (Å²) in [7, 11) is 0. The summed E-state index contributed by atoms with van der Waals surface area (Å²) in [6, 6.07) is 6.98. The number of carbonyl (C=O) groups excluding carboxylic acids is 1. The minimum atomic E-state index is -0.277. The zero-order valence-electron chi connectivity index (χ0n) is 10.9. The van der Waals surface area contributed by atoms with Crippen LogP contribution in [0, 0.1) is 11.3 Å². The van der Waals surface area contributed by atoms with Crippen molar-refractivity contribution in [1.29, 1.82) is 5.26 Å². The third-order valence-corrected chi connectivity index (χ3v) is 2.77. The van der Waals surface area contributed by atoms with Gasteiger partial charge in [0.25, 0.3) is 5.82 Å². The fourth-order valence-corrected chi connectivity index (χ4v) is 1.89. The van der Waals surface area contributed by atoms with Gasteiger partial charge in [-0.1, -0.05) is 0 Å². The highest BCUT2D eigenvalue weighted by Crippen LogP contribution is 2.32. The molecule has 0 atom stereocenters. The number of rotatable bonds is 3. The predicted molar refractivity (Wildman–Crippen MR) is 70.8 cm³/mol. The third-order valence-electron chi connectivity index (χ3n) is 2.77. The van der Waals surface area contributed by atoms with E-state index in [0.29, 0.717) is 30.4 Å². The van der Waals surface area contributed by atoms with Gasteiger partial charge in [0.2, 0.25) is 5.91 Å². The molecule has 0 fully saturated rings. The summed E-state index contributed by atoms with van der Waals surface area (Å²) in [6.07, 6.45) is 1.34. The number of carbonyl (C=O) groups is 1. The Balaban J connectivity index is 1.66. The highest BCUT2D eigenvalue weighted by molar-refractivity contribution is 5.90. The quantitative estimate of drug-likeness (QED) is 0.884. The number of aromatic nitrogens is 3. The number of hydrogen-bond acceptors (Lipinski definition) is 6. The van der Waals surface area contributed by atoms with Crippen molar-refractivity contribution < 1.29 is 14.3 Å². The second-order valence-corrected chi connectivity index (χ2v) is 4.28. The number of benzene rings is 1. The standard InChI is InChI=1S/C13H11N5O3/c14-6-12-15-8-18(17-12)7-13(19)16-9-1-2-10-11(5-9)21-4-3-20-10/h1-2,5,8H,3-4,7H2,(H,16,19). The van der Waals surface area contributed by atoms with Crippen LogP contribution < -0.4 is 14.8 Å². The van der Waals surface area contributed by atoms with Gasteiger partial charge in [-0.25, -0.2) is 9.67 Å². The van der Waals surface area contributed by atoms with Gasteiger partial charge in [0.05, 0.1) is 0 Å². The van der Waals surface area contributed by atoms with E-state index in [0.717, 1.165) is 0 Å². The van der Waals surface area contributed by atoms with Crippen LogP contribution in [0.25, 0.3) is 0 Å². The Morgan fingerprint density at radius 1 is 1.38 bits per heavy atom. The third kappa shape index (κ3) is 2.92. The summed E-state index contributed by atoms with van der Waals surface area (Å²) in [5, 5.41) is 15.2. The Morgan fingerprint density at radius 2 is 2.19 bits per heavy atom. The van der Waals surface area contributed by atoms with Gasteiger partial charge in [0.1, 0.15) is 32.2 Å². The number of nitrogens with one attached hydrogen (secondary N) is 1. The van der Waals surface area contributed by atoms with E-state index in [1.54, 1.807) is 24.3 Å². The SMILES string of the molecule is N#Cc1ncn(CC(=O)Nc2ccc3c(c2)OCCO3)n1. The molecule has 1 aliphatic rings. The fourth-order valence-electron chi connectivity index (χ4n) is 1.89. The first kappa shape index (κ1) is 12.9. The lowest BCUT2D eigenvalue weighted by molar-refractivity contribution is -0.116. The van der Waals surface area contributed by atoms with Crippen LogP contribution in [-0.2, 0) is 11.3 Å². The van der Waals surface area contributed by atoms with Crippen molar-refractivity contribution in [3.63, 3.8) is 0 Å². The fraction of sp³-hybridized carbons (Fsp3) is 0.231. The molecule has 1 aromatic carbocycles. The topological polar surface area (TPSA) is 102 Å². The van der Waals surface area contributed by atoms with Crippen molar-refractivity contribution in [3.8, 4) is 17.6 Å². The summed E-state index contributed by atoms with van der Waals surface area (Å²) in [5.41, 5.74) is 0.602. The smallest absolute Gasteiger partial charge is 0.252 e. The average Bonchev–Trinajstić information content (AvgIpc) is 2.94. The van der Waals surface area contributed by atoms with Gasteiger partial charge < -0.3 is 14.8 Å². The maximum absolute atomic E-state index is 11.9. The molecule has 2 aromatic rings. The van der Waals surface area contributed by atoms with E-state index in [4.69, 9.17) is 14.7 Å². The Labute approximate surface area is 119 Å². The molecule has 0 radical (unpaired) electrons. The summed E-state index contributed by atoms with van der Waals surface area (Å²) >= 11 is 0. The summed E-state index contributed by atoms with van der Waals surface area (Å²) in [6.45, 7) is 0.982. The maximum Gasteiger partial charge on any atom is 0.252 e. The molecule has 106 valence electrons. The van der Waals surface area contributed by atoms with Crippen molar-refractivity contribution in [2.24, 2.45) is 0 Å². The predicted octanol–water partition coefficient (Wildman–Crippen LogP) is 0.560. The van der Waals surface area contributed by atoms with Crippen molar-refractivity contribution >= 4 is 11.6 Å². The first-order chi connectivity index (χ1) is 10.2. The molecule has 0 unspecified atom stereocenters. The lowest BCUT2D eigenvalue weighted by Crippen LogP contribution is -2.20. The molecule has 8 nitrogen and oxygen atoms in total. The summed E-state index contributed by atoms with van der Waals surface area (Å²) < 4.78 is 12.1. The Bertz CT molecular complexity index is 719. The van der Waals surface area contributed by atoms with Crippen molar-refractivity contribution in [2.75, 3.05) is 18.5 Å². The number of hydrogen-bond donors (Lipinski definition) is 1. The van der Waals surface area contributed by atoms with E-state index in [-0.39, 0.29) is 18.3 Å². The Morgan fingerprint density at radius 3 is 2.95 bits per heavy atom. The minimum absolute atomic E-state index is 0.0247. The van der Waals surface area contributed by atoms with E-state index >= 15 is 0 Å². The Hall–Kier alpha value is -3.08. The molecule has 21 heavy (non-hydrogen) atoms. The number of amides is 1. The van der Waals surface area contributed by atoms with Crippen LogP contribution >= 0.6 is 0 Å². The number of nitrogens with zero attached hydrogens (tertiary/aromatic N) is 4. The van der Waals surface area contributed by atoms with Gasteiger partial charge >= 0.3 is 0 Å². The lowest BCUT2D eigenvalue weighted by Gasteiger charge is -2.18.